The van der Waals surface area contributed by atoms with Crippen molar-refractivity contribution in [2.24, 2.45) is 11.0 Å². The van der Waals surface area contributed by atoms with Crippen LogP contribution in [-0.4, -0.2) is 35.8 Å². The van der Waals surface area contributed by atoms with E-state index in [0.29, 0.717) is 50.6 Å². The van der Waals surface area contributed by atoms with Crippen molar-refractivity contribution in [3.8, 4) is 12.3 Å². The molecule has 2 aliphatic rings. The molecule has 2 N–H and O–H groups in total. The number of ether oxygens (including phenoxy) is 1. The lowest BCUT2D eigenvalue weighted by Crippen LogP contribution is -2.34. The maximum absolute atomic E-state index is 13.7. The summed E-state index contributed by atoms with van der Waals surface area (Å²) < 4.78 is 5.07. The minimum atomic E-state index is -0.715. The molecule has 0 saturated heterocycles. The number of hydroxylamine groups is 1. The Kier molecular flexibility index (Phi) is 8.51. The third kappa shape index (κ3) is 5.67. The van der Waals surface area contributed by atoms with Crippen molar-refractivity contribution >= 4 is 29.2 Å². The first kappa shape index (κ1) is 28.3. The Hall–Kier alpha value is -4.68. The molecule has 2 amide bonds. The molecule has 9 heteroatoms. The predicted molar refractivity (Wildman–Crippen MR) is 153 cm³/mol. The summed E-state index contributed by atoms with van der Waals surface area (Å²) in [5.41, 5.74) is 4.92. The molecule has 2 aromatic carbocycles. The van der Waals surface area contributed by atoms with E-state index < -0.39 is 23.7 Å². The largest absolute Gasteiger partial charge is 0.735 e. The Labute approximate surface area is 233 Å². The molecule has 4 rings (SSSR count). The summed E-state index contributed by atoms with van der Waals surface area (Å²) in [5, 5.41) is 22.1. The Morgan fingerprint density at radius 1 is 1.18 bits per heavy atom. The molecule has 0 aromatic heterocycles. The molecule has 2 unspecified atom stereocenters. The highest BCUT2D eigenvalue weighted by atomic mass is 16.5. The number of terminal acetylenes is 1. The number of carbonyl (C=O) groups is 3. The predicted octanol–water partition coefficient (Wildman–Crippen LogP) is 4.56. The van der Waals surface area contributed by atoms with Gasteiger partial charge in [0.1, 0.15) is 0 Å². The molecule has 0 saturated carbocycles. The number of rotatable bonds is 7. The molecule has 2 aliphatic heterocycles. The number of hydrazone groups is 1. The lowest BCUT2D eigenvalue weighted by molar-refractivity contribution is -0.136. The summed E-state index contributed by atoms with van der Waals surface area (Å²) in [5.74, 6) is 0.242. The van der Waals surface area contributed by atoms with Gasteiger partial charge in [-0.3, -0.25) is 9.59 Å². The van der Waals surface area contributed by atoms with E-state index >= 15 is 0 Å². The highest BCUT2D eigenvalue weighted by molar-refractivity contribution is 6.09. The molecule has 9 nitrogen and oxygen atoms in total. The molecule has 0 aliphatic carbocycles. The van der Waals surface area contributed by atoms with Crippen molar-refractivity contribution in [2.45, 2.75) is 46.0 Å². The fraction of sp³-hybridized carbons (Fsp3) is 0.290. The number of allylic oxidation sites excluding steroid dienone is 2. The van der Waals surface area contributed by atoms with Crippen LogP contribution in [0.1, 0.15) is 62.6 Å². The van der Waals surface area contributed by atoms with Crippen molar-refractivity contribution in [3.63, 3.8) is 0 Å². The monoisotopic (exact) mass is 539 g/mol. The number of nitrogens with one attached hydrogen (secondary N) is 2. The zero-order valence-corrected chi connectivity index (χ0v) is 22.9. The number of benzene rings is 2. The van der Waals surface area contributed by atoms with Crippen LogP contribution in [0, 0.1) is 23.5 Å². The standard InChI is InChI=1S/C31H31N4O5/c1-6-9-23-17-25(36)35(39)34-29(23)21-12-14-24(15-13-21)33-30(37)26-18(3)32-19(4)27(31(38)40-5)28(26)22-11-8-10-20(7-2)16-22/h2,8,10-16,23,28,32H,6,9,17H2,1,3-5H3,(H,33,37)/q-1. The van der Waals surface area contributed by atoms with Crippen molar-refractivity contribution in [2.75, 3.05) is 12.4 Å². The van der Waals surface area contributed by atoms with Gasteiger partial charge >= 0.3 is 5.97 Å². The Morgan fingerprint density at radius 3 is 2.52 bits per heavy atom. The van der Waals surface area contributed by atoms with Crippen molar-refractivity contribution in [1.29, 1.82) is 0 Å². The quantitative estimate of drug-likeness (QED) is 0.393. The summed E-state index contributed by atoms with van der Waals surface area (Å²) in [7, 11) is 1.30. The van der Waals surface area contributed by atoms with Crippen molar-refractivity contribution < 1.29 is 19.1 Å². The minimum absolute atomic E-state index is 0.118. The van der Waals surface area contributed by atoms with Crippen LogP contribution in [0.5, 0.6) is 0 Å². The smallest absolute Gasteiger partial charge is 0.336 e. The molecular formula is C31H31N4O5-. The van der Waals surface area contributed by atoms with Gasteiger partial charge < -0.3 is 25.7 Å². The van der Waals surface area contributed by atoms with Gasteiger partial charge in [0, 0.05) is 40.6 Å². The first-order valence-corrected chi connectivity index (χ1v) is 13.0. The second kappa shape index (κ2) is 12.0. The normalized spacial score (nSPS) is 19.1. The number of esters is 1. The van der Waals surface area contributed by atoms with Crippen molar-refractivity contribution in [1.82, 2.24) is 10.5 Å². The summed E-state index contributed by atoms with van der Waals surface area (Å²) in [6.45, 7) is 5.55. The molecule has 0 bridgehead atoms. The number of dihydropyridines is 1. The summed E-state index contributed by atoms with van der Waals surface area (Å²) >= 11 is 0. The molecule has 2 aromatic rings. The van der Waals surface area contributed by atoms with Crippen LogP contribution in [0.2, 0.25) is 0 Å². The van der Waals surface area contributed by atoms with E-state index in [4.69, 9.17) is 11.2 Å². The summed E-state index contributed by atoms with van der Waals surface area (Å²) in [6.07, 6.45) is 7.32. The number of amides is 2. The number of hydrogen-bond acceptors (Lipinski definition) is 7. The zero-order valence-electron chi connectivity index (χ0n) is 22.9. The van der Waals surface area contributed by atoms with E-state index in [-0.39, 0.29) is 17.5 Å². The molecular weight excluding hydrogens is 508 g/mol. The lowest BCUT2D eigenvalue weighted by atomic mass is 9.79. The lowest BCUT2D eigenvalue weighted by Gasteiger charge is -2.32. The maximum atomic E-state index is 13.7. The van der Waals surface area contributed by atoms with E-state index in [2.05, 4.69) is 21.7 Å². The van der Waals surface area contributed by atoms with E-state index in [9.17, 15) is 19.6 Å². The first-order valence-electron chi connectivity index (χ1n) is 13.0. The van der Waals surface area contributed by atoms with Crippen LogP contribution in [0.25, 0.3) is 0 Å². The third-order valence-corrected chi connectivity index (χ3v) is 7.09. The number of carbonyl (C=O) groups excluding carboxylic acids is 3. The van der Waals surface area contributed by atoms with Crippen molar-refractivity contribution in [3.05, 3.63) is 93.0 Å². The van der Waals surface area contributed by atoms with Crippen LogP contribution >= 0.6 is 0 Å². The van der Waals surface area contributed by atoms with Crippen LogP contribution in [0.3, 0.4) is 0 Å². The number of methoxy groups -OCH3 is 1. The summed E-state index contributed by atoms with van der Waals surface area (Å²) in [4.78, 5) is 38.5. The average Bonchev–Trinajstić information content (AvgIpc) is 2.94. The minimum Gasteiger partial charge on any atom is -0.735 e. The SMILES string of the molecule is C#Cc1cccc(C2C(C(=O)Nc3ccc(C4=NN([O-])C(=O)CC4CCC)cc3)=C(C)NC(C)=C2C(=O)OC)c1. The van der Waals surface area contributed by atoms with Crippen LogP contribution in [0.4, 0.5) is 5.69 Å². The Morgan fingerprint density at radius 2 is 1.88 bits per heavy atom. The fourth-order valence-electron chi connectivity index (χ4n) is 5.24. The molecule has 206 valence electrons. The van der Waals surface area contributed by atoms with Gasteiger partial charge in [-0.15, -0.1) is 6.42 Å². The molecule has 0 fully saturated rings. The molecule has 0 spiro atoms. The van der Waals surface area contributed by atoms with E-state index in [1.807, 2.05) is 13.0 Å². The summed E-state index contributed by atoms with van der Waals surface area (Å²) in [6, 6.07) is 14.1. The Bertz CT molecular complexity index is 1480. The highest BCUT2D eigenvalue weighted by Gasteiger charge is 2.37. The third-order valence-electron chi connectivity index (χ3n) is 7.09. The van der Waals surface area contributed by atoms with Crippen LogP contribution in [-0.2, 0) is 19.1 Å². The van der Waals surface area contributed by atoms with Gasteiger partial charge in [-0.2, -0.15) is 5.10 Å². The molecule has 2 atom stereocenters. The topological polar surface area (TPSA) is 123 Å². The second-order valence-corrected chi connectivity index (χ2v) is 9.77. The Balaban J connectivity index is 1.66. The van der Waals surface area contributed by atoms with Crippen LogP contribution < -0.4 is 10.6 Å². The highest BCUT2D eigenvalue weighted by Crippen LogP contribution is 2.39. The van der Waals surface area contributed by atoms with E-state index in [0.717, 1.165) is 12.8 Å². The van der Waals surface area contributed by atoms with Gasteiger partial charge in [-0.25, -0.2) is 4.79 Å². The average molecular weight is 540 g/mol. The number of hydrogen-bond donors (Lipinski definition) is 2. The number of nitrogens with zero attached hydrogens (tertiary/aromatic N) is 2. The molecule has 40 heavy (non-hydrogen) atoms. The number of anilines is 1. The van der Waals surface area contributed by atoms with Gasteiger partial charge in [0.2, 0.25) is 5.91 Å². The fourth-order valence-corrected chi connectivity index (χ4v) is 5.24. The van der Waals surface area contributed by atoms with E-state index in [1.165, 1.54) is 7.11 Å². The second-order valence-electron chi connectivity index (χ2n) is 9.77. The van der Waals surface area contributed by atoms with Gasteiger partial charge in [0.05, 0.1) is 24.3 Å². The van der Waals surface area contributed by atoms with Gasteiger partial charge in [0.25, 0.3) is 5.91 Å². The van der Waals surface area contributed by atoms with Gasteiger partial charge in [-0.05, 0) is 55.7 Å². The van der Waals surface area contributed by atoms with Gasteiger partial charge in [-0.1, -0.05) is 43.5 Å². The maximum Gasteiger partial charge on any atom is 0.336 e. The first-order chi connectivity index (χ1) is 19.2. The molecule has 2 heterocycles. The van der Waals surface area contributed by atoms with Crippen LogP contribution in [0.15, 0.2) is 76.2 Å². The molecule has 0 radical (unpaired) electrons. The van der Waals surface area contributed by atoms with Gasteiger partial charge in [0.15, 0.2) is 0 Å². The zero-order chi connectivity index (χ0) is 29.0. The van der Waals surface area contributed by atoms with E-state index in [1.54, 1.807) is 56.3 Å².